The van der Waals surface area contributed by atoms with E-state index in [4.69, 9.17) is 4.74 Å². The van der Waals surface area contributed by atoms with Crippen LogP contribution in [0.2, 0.25) is 25.7 Å². The van der Waals surface area contributed by atoms with Gasteiger partial charge in [0.15, 0.2) is 0 Å². The van der Waals surface area contributed by atoms with Crippen LogP contribution >= 0.6 is 0 Å². The molecule has 1 rings (SSSR count). The fraction of sp³-hybridized carbons (Fsp3) is 0.588. The smallest absolute Gasteiger partial charge is 0.267 e. The number of aryl methyl sites for hydroxylation is 1. The normalized spacial score (nSPS) is 12.2. The summed E-state index contributed by atoms with van der Waals surface area (Å²) < 4.78 is 32.2. The first kappa shape index (κ1) is 19.6. The van der Waals surface area contributed by atoms with Crippen LogP contribution in [-0.4, -0.2) is 27.6 Å². The van der Waals surface area contributed by atoms with E-state index >= 15 is 0 Å². The molecule has 0 unspecified atom stereocenters. The SMILES string of the molecule is CCN=CNc1cc(C(F)F)c(OCCC[Si](C)(C)C)cc1C. The number of aliphatic imine (C=N–C) groups is 1. The summed E-state index contributed by atoms with van der Waals surface area (Å²) in [6.45, 7) is 11.8. The highest BCUT2D eigenvalue weighted by molar-refractivity contribution is 6.76. The summed E-state index contributed by atoms with van der Waals surface area (Å²) in [7, 11) is -1.12. The van der Waals surface area contributed by atoms with Crippen molar-refractivity contribution in [1.29, 1.82) is 0 Å². The van der Waals surface area contributed by atoms with Crippen LogP contribution in [0.25, 0.3) is 0 Å². The van der Waals surface area contributed by atoms with Crippen molar-refractivity contribution < 1.29 is 13.5 Å². The molecule has 3 nitrogen and oxygen atoms in total. The first-order chi connectivity index (χ1) is 10.7. The van der Waals surface area contributed by atoms with Gasteiger partial charge in [0.1, 0.15) is 5.75 Å². The molecule has 23 heavy (non-hydrogen) atoms. The van der Waals surface area contributed by atoms with E-state index in [0.717, 1.165) is 18.0 Å². The number of hydrogen-bond donors (Lipinski definition) is 1. The molecule has 0 bridgehead atoms. The largest absolute Gasteiger partial charge is 0.493 e. The van der Waals surface area contributed by atoms with Crippen molar-refractivity contribution in [2.45, 2.75) is 52.4 Å². The van der Waals surface area contributed by atoms with Gasteiger partial charge < -0.3 is 10.1 Å². The topological polar surface area (TPSA) is 33.6 Å². The van der Waals surface area contributed by atoms with Crippen LogP contribution in [0, 0.1) is 6.92 Å². The number of ether oxygens (including phenoxy) is 1. The lowest BCUT2D eigenvalue weighted by molar-refractivity contribution is 0.145. The lowest BCUT2D eigenvalue weighted by Crippen LogP contribution is -2.20. The van der Waals surface area contributed by atoms with E-state index in [1.54, 1.807) is 6.07 Å². The summed E-state index contributed by atoms with van der Waals surface area (Å²) >= 11 is 0. The summed E-state index contributed by atoms with van der Waals surface area (Å²) in [5.74, 6) is 0.283. The highest BCUT2D eigenvalue weighted by Crippen LogP contribution is 2.34. The average molecular weight is 343 g/mol. The molecule has 6 heteroatoms. The maximum absolute atomic E-state index is 13.3. The summed E-state index contributed by atoms with van der Waals surface area (Å²) in [5, 5.41) is 2.95. The lowest BCUT2D eigenvalue weighted by atomic mass is 10.1. The minimum atomic E-state index is -2.56. The molecule has 1 aromatic carbocycles. The Balaban J connectivity index is 2.82. The second kappa shape index (κ2) is 9.01. The summed E-state index contributed by atoms with van der Waals surface area (Å²) in [4.78, 5) is 4.04. The summed E-state index contributed by atoms with van der Waals surface area (Å²) in [6.07, 6.45) is -0.126. The van der Waals surface area contributed by atoms with Crippen LogP contribution < -0.4 is 10.1 Å². The molecule has 0 aliphatic carbocycles. The van der Waals surface area contributed by atoms with Gasteiger partial charge in [0.2, 0.25) is 0 Å². The fourth-order valence-corrected chi connectivity index (χ4v) is 3.35. The van der Waals surface area contributed by atoms with Gasteiger partial charge in [-0.3, -0.25) is 4.99 Å². The molecule has 0 radical (unpaired) electrons. The zero-order valence-corrected chi connectivity index (χ0v) is 15.7. The maximum atomic E-state index is 13.3. The molecule has 0 heterocycles. The standard InChI is InChI=1S/C17H28F2N2OSi/c1-6-20-12-21-15-11-14(17(18)19)16(10-13(15)2)22-8-7-9-23(3,4)5/h10-12,17H,6-9H2,1-5H3,(H,20,21). The van der Waals surface area contributed by atoms with Crippen LogP contribution in [0.1, 0.15) is 30.9 Å². The van der Waals surface area contributed by atoms with E-state index in [1.807, 2.05) is 13.8 Å². The number of rotatable bonds is 9. The van der Waals surface area contributed by atoms with Gasteiger partial charge in [-0.1, -0.05) is 25.7 Å². The van der Waals surface area contributed by atoms with Gasteiger partial charge in [0.05, 0.1) is 18.5 Å². The Kier molecular flexibility index (Phi) is 7.68. The average Bonchev–Trinajstić information content (AvgIpc) is 2.44. The Hall–Kier alpha value is -1.43. The molecule has 0 aliphatic rings. The van der Waals surface area contributed by atoms with Gasteiger partial charge in [-0.15, -0.1) is 0 Å². The number of benzene rings is 1. The van der Waals surface area contributed by atoms with Crippen LogP contribution in [0.4, 0.5) is 14.5 Å². The Bertz CT molecular complexity index is 528. The first-order valence-electron chi connectivity index (χ1n) is 8.05. The Morgan fingerprint density at radius 3 is 2.57 bits per heavy atom. The molecule has 1 N–H and O–H groups in total. The van der Waals surface area contributed by atoms with E-state index in [1.165, 1.54) is 12.4 Å². The number of nitrogens with one attached hydrogen (secondary N) is 1. The van der Waals surface area contributed by atoms with Crippen molar-refractivity contribution in [3.05, 3.63) is 23.3 Å². The number of hydrogen-bond acceptors (Lipinski definition) is 2. The van der Waals surface area contributed by atoms with E-state index in [0.29, 0.717) is 18.8 Å². The third kappa shape index (κ3) is 7.12. The second-order valence-corrected chi connectivity index (χ2v) is 12.4. The molecule has 0 aliphatic heterocycles. The highest BCUT2D eigenvalue weighted by Gasteiger charge is 2.17. The predicted octanol–water partition coefficient (Wildman–Crippen LogP) is 5.50. The Morgan fingerprint density at radius 1 is 1.30 bits per heavy atom. The third-order valence-electron chi connectivity index (χ3n) is 3.41. The van der Waals surface area contributed by atoms with Crippen molar-refractivity contribution in [2.24, 2.45) is 4.99 Å². The zero-order valence-electron chi connectivity index (χ0n) is 14.7. The fourth-order valence-electron chi connectivity index (χ4n) is 2.14. The van der Waals surface area contributed by atoms with Gasteiger partial charge in [-0.2, -0.15) is 0 Å². The predicted molar refractivity (Wildman–Crippen MR) is 97.1 cm³/mol. The number of halogens is 2. The molecule has 0 amide bonds. The zero-order chi connectivity index (χ0) is 17.5. The van der Waals surface area contributed by atoms with Gasteiger partial charge in [-0.25, -0.2) is 8.78 Å². The van der Waals surface area contributed by atoms with Crippen LogP contribution in [0.3, 0.4) is 0 Å². The molecule has 1 aromatic rings. The monoisotopic (exact) mass is 342 g/mol. The molecular formula is C17H28F2N2OSi. The molecular weight excluding hydrogens is 314 g/mol. The number of alkyl halides is 2. The lowest BCUT2D eigenvalue weighted by Gasteiger charge is -2.17. The molecule has 0 fully saturated rings. The van der Waals surface area contributed by atoms with E-state index in [9.17, 15) is 8.78 Å². The summed E-state index contributed by atoms with van der Waals surface area (Å²) in [6, 6.07) is 4.26. The van der Waals surface area contributed by atoms with Gasteiger partial charge in [-0.05, 0) is 38.0 Å². The molecule has 0 saturated heterocycles. The second-order valence-electron chi connectivity index (χ2n) is 6.79. The van der Waals surface area contributed by atoms with Crippen molar-refractivity contribution in [2.75, 3.05) is 18.5 Å². The van der Waals surface area contributed by atoms with E-state index < -0.39 is 14.5 Å². The Morgan fingerprint density at radius 2 is 2.00 bits per heavy atom. The van der Waals surface area contributed by atoms with Gasteiger partial charge in [0.25, 0.3) is 6.43 Å². The number of anilines is 1. The van der Waals surface area contributed by atoms with Crippen molar-refractivity contribution in [3.63, 3.8) is 0 Å². The maximum Gasteiger partial charge on any atom is 0.267 e. The van der Waals surface area contributed by atoms with Gasteiger partial charge >= 0.3 is 0 Å². The minimum absolute atomic E-state index is 0.0731. The quantitative estimate of drug-likeness (QED) is 0.278. The van der Waals surface area contributed by atoms with Crippen molar-refractivity contribution >= 4 is 20.1 Å². The molecule has 0 saturated carbocycles. The van der Waals surface area contributed by atoms with E-state index in [-0.39, 0.29) is 11.3 Å². The van der Waals surface area contributed by atoms with Crippen LogP contribution in [0.5, 0.6) is 5.75 Å². The third-order valence-corrected chi connectivity index (χ3v) is 5.27. The number of nitrogens with zero attached hydrogens (tertiary/aromatic N) is 1. The molecule has 130 valence electrons. The minimum Gasteiger partial charge on any atom is -0.493 e. The Labute approximate surface area is 139 Å². The highest BCUT2D eigenvalue weighted by atomic mass is 28.3. The van der Waals surface area contributed by atoms with Crippen molar-refractivity contribution in [3.8, 4) is 5.75 Å². The first-order valence-corrected chi connectivity index (χ1v) is 11.8. The molecule has 0 atom stereocenters. The van der Waals surface area contributed by atoms with Crippen LogP contribution in [-0.2, 0) is 0 Å². The molecule has 0 aromatic heterocycles. The summed E-state index contributed by atoms with van der Waals surface area (Å²) in [5.41, 5.74) is 1.42. The van der Waals surface area contributed by atoms with E-state index in [2.05, 4.69) is 30.0 Å². The van der Waals surface area contributed by atoms with Crippen molar-refractivity contribution in [1.82, 2.24) is 0 Å². The van der Waals surface area contributed by atoms with Crippen LogP contribution in [0.15, 0.2) is 17.1 Å². The molecule has 0 spiro atoms. The van der Waals surface area contributed by atoms with Gasteiger partial charge in [0, 0.05) is 20.3 Å².